The van der Waals surface area contributed by atoms with E-state index >= 15 is 0 Å². The Morgan fingerprint density at radius 3 is 2.57 bits per heavy atom. The highest BCUT2D eigenvalue weighted by Gasteiger charge is 2.20. The number of hydrogen-bond donors (Lipinski definition) is 0. The van der Waals surface area contributed by atoms with E-state index in [-0.39, 0.29) is 0 Å². The van der Waals surface area contributed by atoms with Gasteiger partial charge in [0.1, 0.15) is 0 Å². The second kappa shape index (κ2) is 5.55. The summed E-state index contributed by atoms with van der Waals surface area (Å²) in [6.07, 6.45) is 6.82. The van der Waals surface area contributed by atoms with Crippen molar-refractivity contribution in [2.45, 2.75) is 58.3 Å². The van der Waals surface area contributed by atoms with Crippen molar-refractivity contribution in [2.75, 3.05) is 0 Å². The Hall–Kier alpha value is -0.300. The molecule has 0 amide bonds. The Labute approximate surface area is 92.4 Å². The van der Waals surface area contributed by atoms with E-state index in [1.54, 1.807) is 0 Å². The summed E-state index contributed by atoms with van der Waals surface area (Å²) in [5.74, 6) is 0. The Bertz CT molecular complexity index is 234. The molecule has 1 rings (SSSR count). The van der Waals surface area contributed by atoms with Crippen molar-refractivity contribution in [1.29, 1.82) is 0 Å². The molecule has 0 saturated carbocycles. The molecule has 0 saturated heterocycles. The SMILES string of the molecule is CCCCCCC(C)(C)c1cccs1. The second-order valence-corrected chi connectivity index (χ2v) is 5.62. The molecule has 0 aliphatic carbocycles. The third kappa shape index (κ3) is 3.45. The van der Waals surface area contributed by atoms with Crippen molar-refractivity contribution in [3.63, 3.8) is 0 Å². The van der Waals surface area contributed by atoms with E-state index in [1.165, 1.54) is 37.0 Å². The van der Waals surface area contributed by atoms with Gasteiger partial charge in [0.15, 0.2) is 0 Å². The summed E-state index contributed by atoms with van der Waals surface area (Å²) in [6.45, 7) is 7.00. The quantitative estimate of drug-likeness (QED) is 0.580. The summed E-state index contributed by atoms with van der Waals surface area (Å²) in [5, 5.41) is 2.18. The molecule has 0 radical (unpaired) electrons. The maximum absolute atomic E-state index is 2.37. The van der Waals surface area contributed by atoms with E-state index in [4.69, 9.17) is 0 Å². The van der Waals surface area contributed by atoms with Gasteiger partial charge in [-0.3, -0.25) is 0 Å². The average Bonchev–Trinajstić information content (AvgIpc) is 2.65. The van der Waals surface area contributed by atoms with Crippen LogP contribution in [-0.4, -0.2) is 0 Å². The van der Waals surface area contributed by atoms with Crippen molar-refractivity contribution in [3.05, 3.63) is 22.4 Å². The minimum atomic E-state index is 0.391. The van der Waals surface area contributed by atoms with Crippen LogP contribution in [0.3, 0.4) is 0 Å². The molecule has 0 unspecified atom stereocenters. The lowest BCUT2D eigenvalue weighted by Gasteiger charge is -2.23. The van der Waals surface area contributed by atoms with Crippen molar-refractivity contribution in [2.24, 2.45) is 0 Å². The molecule has 1 heteroatoms. The highest BCUT2D eigenvalue weighted by atomic mass is 32.1. The maximum atomic E-state index is 2.37. The van der Waals surface area contributed by atoms with Gasteiger partial charge in [-0.1, -0.05) is 52.5 Å². The van der Waals surface area contributed by atoms with E-state index in [0.29, 0.717) is 5.41 Å². The molecule has 0 bridgehead atoms. The lowest BCUT2D eigenvalue weighted by molar-refractivity contribution is 0.453. The smallest absolute Gasteiger partial charge is 0.0101 e. The van der Waals surface area contributed by atoms with E-state index in [0.717, 1.165) is 0 Å². The number of unbranched alkanes of at least 4 members (excludes halogenated alkanes) is 3. The summed E-state index contributed by atoms with van der Waals surface area (Å²) < 4.78 is 0. The summed E-state index contributed by atoms with van der Waals surface area (Å²) in [7, 11) is 0. The Morgan fingerprint density at radius 2 is 2.00 bits per heavy atom. The van der Waals surface area contributed by atoms with Gasteiger partial charge in [-0.25, -0.2) is 0 Å². The lowest BCUT2D eigenvalue weighted by atomic mass is 9.85. The zero-order chi connectivity index (χ0) is 10.4. The fourth-order valence-corrected chi connectivity index (χ4v) is 2.66. The third-order valence-electron chi connectivity index (χ3n) is 2.84. The van der Waals surface area contributed by atoms with Gasteiger partial charge in [0.05, 0.1) is 0 Å². The van der Waals surface area contributed by atoms with E-state index in [9.17, 15) is 0 Å². The van der Waals surface area contributed by atoms with E-state index in [2.05, 4.69) is 38.3 Å². The molecule has 0 N–H and O–H groups in total. The Balaban J connectivity index is 2.35. The first-order chi connectivity index (χ1) is 6.67. The topological polar surface area (TPSA) is 0 Å². The van der Waals surface area contributed by atoms with Gasteiger partial charge in [-0.2, -0.15) is 0 Å². The van der Waals surface area contributed by atoms with Gasteiger partial charge in [0.2, 0.25) is 0 Å². The molecule has 0 nitrogen and oxygen atoms in total. The molecule has 1 aromatic rings. The molecule has 0 aliphatic heterocycles. The normalized spacial score (nSPS) is 11.9. The summed E-state index contributed by atoms with van der Waals surface area (Å²) in [5.41, 5.74) is 0.391. The molecular weight excluding hydrogens is 188 g/mol. The zero-order valence-corrected chi connectivity index (χ0v) is 10.5. The van der Waals surface area contributed by atoms with Crippen molar-refractivity contribution in [3.8, 4) is 0 Å². The van der Waals surface area contributed by atoms with Crippen LogP contribution >= 0.6 is 11.3 Å². The van der Waals surface area contributed by atoms with Crippen LogP contribution in [0.4, 0.5) is 0 Å². The number of rotatable bonds is 6. The highest BCUT2D eigenvalue weighted by Crippen LogP contribution is 2.32. The largest absolute Gasteiger partial charge is 0.148 e. The molecule has 0 spiro atoms. The predicted molar refractivity (Wildman–Crippen MR) is 66.1 cm³/mol. The Kier molecular flexibility index (Phi) is 4.67. The molecule has 80 valence electrons. The maximum Gasteiger partial charge on any atom is 0.0101 e. The number of thiophene rings is 1. The standard InChI is InChI=1S/C13H22S/c1-4-5-6-7-10-13(2,3)12-9-8-11-14-12/h8-9,11H,4-7,10H2,1-3H3. The van der Waals surface area contributed by atoms with Crippen molar-refractivity contribution in [1.82, 2.24) is 0 Å². The van der Waals surface area contributed by atoms with Crippen LogP contribution in [0.15, 0.2) is 17.5 Å². The van der Waals surface area contributed by atoms with Gasteiger partial charge in [-0.15, -0.1) is 11.3 Å². The molecule has 1 aromatic heterocycles. The van der Waals surface area contributed by atoms with Crippen LogP contribution < -0.4 is 0 Å². The van der Waals surface area contributed by atoms with Crippen LogP contribution in [0.25, 0.3) is 0 Å². The van der Waals surface area contributed by atoms with Gasteiger partial charge in [0.25, 0.3) is 0 Å². The minimum Gasteiger partial charge on any atom is -0.148 e. The van der Waals surface area contributed by atoms with Crippen LogP contribution in [0.1, 0.15) is 57.8 Å². The minimum absolute atomic E-state index is 0.391. The lowest BCUT2D eigenvalue weighted by Crippen LogP contribution is -2.14. The molecule has 0 fully saturated rings. The van der Waals surface area contributed by atoms with E-state index < -0.39 is 0 Å². The Morgan fingerprint density at radius 1 is 1.21 bits per heavy atom. The zero-order valence-electron chi connectivity index (χ0n) is 9.68. The average molecular weight is 210 g/mol. The van der Waals surface area contributed by atoms with Crippen LogP contribution in [-0.2, 0) is 5.41 Å². The molecule has 0 aliphatic rings. The first-order valence-electron chi connectivity index (χ1n) is 5.71. The molecular formula is C13H22S. The molecule has 0 atom stereocenters. The summed E-state index contributed by atoms with van der Waals surface area (Å²) >= 11 is 1.89. The van der Waals surface area contributed by atoms with Gasteiger partial charge >= 0.3 is 0 Å². The van der Waals surface area contributed by atoms with Gasteiger partial charge in [-0.05, 0) is 23.3 Å². The van der Waals surface area contributed by atoms with Gasteiger partial charge in [0, 0.05) is 4.88 Å². The molecule has 0 aromatic carbocycles. The highest BCUT2D eigenvalue weighted by molar-refractivity contribution is 7.10. The fraction of sp³-hybridized carbons (Fsp3) is 0.692. The second-order valence-electron chi connectivity index (χ2n) is 4.67. The van der Waals surface area contributed by atoms with E-state index in [1.807, 2.05) is 11.3 Å². The third-order valence-corrected chi connectivity index (χ3v) is 4.08. The van der Waals surface area contributed by atoms with Crippen LogP contribution in [0.5, 0.6) is 0 Å². The first kappa shape index (κ1) is 11.8. The summed E-state index contributed by atoms with van der Waals surface area (Å²) in [4.78, 5) is 1.54. The van der Waals surface area contributed by atoms with Gasteiger partial charge < -0.3 is 0 Å². The first-order valence-corrected chi connectivity index (χ1v) is 6.59. The monoisotopic (exact) mass is 210 g/mol. The van der Waals surface area contributed by atoms with Crippen molar-refractivity contribution < 1.29 is 0 Å². The van der Waals surface area contributed by atoms with Crippen molar-refractivity contribution >= 4 is 11.3 Å². The fourth-order valence-electron chi connectivity index (χ4n) is 1.78. The van der Waals surface area contributed by atoms with Crippen LogP contribution in [0.2, 0.25) is 0 Å². The predicted octanol–water partition coefficient (Wildman–Crippen LogP) is 5.00. The van der Waals surface area contributed by atoms with Crippen LogP contribution in [0, 0.1) is 0 Å². The number of hydrogen-bond acceptors (Lipinski definition) is 1. The summed E-state index contributed by atoms with van der Waals surface area (Å²) in [6, 6.07) is 4.43. The molecule has 14 heavy (non-hydrogen) atoms. The molecule has 1 heterocycles.